The number of nitriles is 1. The van der Waals surface area contributed by atoms with E-state index in [2.05, 4.69) is 57.1 Å². The highest BCUT2D eigenvalue weighted by molar-refractivity contribution is 5.85. The molecule has 5 heterocycles. The third-order valence-corrected chi connectivity index (χ3v) is 8.06. The summed E-state index contributed by atoms with van der Waals surface area (Å²) in [5.41, 5.74) is 13.1. The van der Waals surface area contributed by atoms with Crippen LogP contribution >= 0.6 is 0 Å². The zero-order valence-electron chi connectivity index (χ0n) is 23.1. The third-order valence-electron chi connectivity index (χ3n) is 8.06. The summed E-state index contributed by atoms with van der Waals surface area (Å²) in [7, 11) is 0. The quantitative estimate of drug-likeness (QED) is 0.262. The summed E-state index contributed by atoms with van der Waals surface area (Å²) in [6.07, 6.45) is 12.5. The number of likely N-dealkylation sites (tertiary alicyclic amines) is 2. The molecule has 40 heavy (non-hydrogen) atoms. The number of pyridine rings is 2. The average molecular weight is 531 g/mol. The molecule has 4 aromatic rings. The van der Waals surface area contributed by atoms with Gasteiger partial charge in [-0.25, -0.2) is 15.0 Å². The third kappa shape index (κ3) is 4.74. The number of nitrogen functional groups attached to an aromatic ring is 1. The van der Waals surface area contributed by atoms with Crippen LogP contribution in [0.4, 0.5) is 5.82 Å². The fraction of sp³-hybridized carbons (Fsp3) is 0.312. The Morgan fingerprint density at radius 2 is 1.90 bits per heavy atom. The van der Waals surface area contributed by atoms with Gasteiger partial charge in [-0.3, -0.25) is 9.47 Å². The smallest absolute Gasteiger partial charge is 0.179 e. The summed E-state index contributed by atoms with van der Waals surface area (Å²) in [5, 5.41) is 9.34. The zero-order valence-corrected chi connectivity index (χ0v) is 23.1. The van der Waals surface area contributed by atoms with E-state index < -0.39 is 0 Å². The fourth-order valence-corrected chi connectivity index (χ4v) is 6.23. The Bertz CT molecular complexity index is 1630. The number of piperidine rings is 1. The number of fused-ring (bicyclic) bond motifs is 1. The van der Waals surface area contributed by atoms with Crippen molar-refractivity contribution < 1.29 is 0 Å². The van der Waals surface area contributed by atoms with E-state index in [4.69, 9.17) is 15.7 Å². The Kier molecular flexibility index (Phi) is 6.82. The SMILES string of the molecule is C/C=C\C(=C/C)c1ccc2nc(-c3cccnc3N)n(-c3ccc(CN4CC5(CCCN(C#N)C5)C4)cc3)c2n1. The standard InChI is InChI=1S/C32H34N8/c1-3-7-24(4-2)27-13-14-28-31(36-27)40(30(37-28)26-8-5-16-35-29(26)34)25-11-9-23(10-12-25)18-39-20-32(21-39)15-6-17-38(19-32)22-33/h3-5,7-14,16H,6,15,17-21H2,1-2H3,(H2,34,35)/b7-3-,24-4+. The Labute approximate surface area is 235 Å². The second-order valence-corrected chi connectivity index (χ2v) is 10.9. The molecule has 0 amide bonds. The summed E-state index contributed by atoms with van der Waals surface area (Å²) in [6, 6.07) is 16.5. The van der Waals surface area contributed by atoms with Crippen LogP contribution in [0.2, 0.25) is 0 Å². The predicted molar refractivity (Wildman–Crippen MR) is 159 cm³/mol. The van der Waals surface area contributed by atoms with Gasteiger partial charge in [0.2, 0.25) is 0 Å². The molecule has 2 N–H and O–H groups in total. The van der Waals surface area contributed by atoms with Crippen LogP contribution in [-0.4, -0.2) is 55.5 Å². The molecule has 1 aromatic carbocycles. The van der Waals surface area contributed by atoms with Crippen molar-refractivity contribution in [1.29, 1.82) is 5.26 Å². The van der Waals surface area contributed by atoms with E-state index >= 15 is 0 Å². The lowest BCUT2D eigenvalue weighted by Crippen LogP contribution is -2.61. The largest absolute Gasteiger partial charge is 0.383 e. The van der Waals surface area contributed by atoms with E-state index in [-0.39, 0.29) is 5.41 Å². The number of allylic oxidation sites excluding steroid dienone is 4. The number of benzene rings is 1. The Morgan fingerprint density at radius 1 is 1.07 bits per heavy atom. The topological polar surface area (TPSA) is 99.9 Å². The van der Waals surface area contributed by atoms with Crippen LogP contribution in [0.15, 0.2) is 73.0 Å². The van der Waals surface area contributed by atoms with Gasteiger partial charge in [-0.2, -0.15) is 5.26 Å². The van der Waals surface area contributed by atoms with Crippen molar-refractivity contribution in [2.24, 2.45) is 5.41 Å². The molecular formula is C32H34N8. The molecule has 0 radical (unpaired) electrons. The molecule has 202 valence electrons. The number of hydrogen-bond donors (Lipinski definition) is 1. The molecule has 6 rings (SSSR count). The van der Waals surface area contributed by atoms with Crippen LogP contribution in [0.5, 0.6) is 0 Å². The molecule has 0 saturated carbocycles. The first-order valence-electron chi connectivity index (χ1n) is 13.9. The molecule has 3 aromatic heterocycles. The van der Waals surface area contributed by atoms with Gasteiger partial charge in [0.25, 0.3) is 0 Å². The predicted octanol–water partition coefficient (Wildman–Crippen LogP) is 5.42. The highest BCUT2D eigenvalue weighted by atomic mass is 15.2. The summed E-state index contributed by atoms with van der Waals surface area (Å²) in [4.78, 5) is 18.7. The van der Waals surface area contributed by atoms with E-state index in [0.29, 0.717) is 5.82 Å². The zero-order chi connectivity index (χ0) is 27.7. The van der Waals surface area contributed by atoms with Crippen LogP contribution in [-0.2, 0) is 6.54 Å². The highest BCUT2D eigenvalue weighted by Gasteiger charge is 2.45. The second kappa shape index (κ2) is 10.6. The van der Waals surface area contributed by atoms with Gasteiger partial charge in [-0.15, -0.1) is 0 Å². The van der Waals surface area contributed by atoms with E-state index in [1.807, 2.05) is 49.1 Å². The monoisotopic (exact) mass is 530 g/mol. The van der Waals surface area contributed by atoms with Crippen LogP contribution < -0.4 is 5.73 Å². The molecule has 2 fully saturated rings. The second-order valence-electron chi connectivity index (χ2n) is 10.9. The minimum absolute atomic E-state index is 0.282. The maximum atomic E-state index is 9.34. The minimum Gasteiger partial charge on any atom is -0.383 e. The normalized spacial score (nSPS) is 17.4. The van der Waals surface area contributed by atoms with Crippen molar-refractivity contribution in [3.05, 3.63) is 84.2 Å². The molecule has 2 aliphatic heterocycles. The molecule has 0 unspecified atom stereocenters. The van der Waals surface area contributed by atoms with Gasteiger partial charge >= 0.3 is 0 Å². The van der Waals surface area contributed by atoms with Crippen molar-refractivity contribution >= 4 is 22.6 Å². The van der Waals surface area contributed by atoms with Crippen LogP contribution in [0.3, 0.4) is 0 Å². The first-order chi connectivity index (χ1) is 19.5. The molecule has 0 bridgehead atoms. The Morgan fingerprint density at radius 3 is 2.62 bits per heavy atom. The Hall–Kier alpha value is -4.48. The molecule has 1 spiro atoms. The van der Waals surface area contributed by atoms with Gasteiger partial charge in [0.15, 0.2) is 17.7 Å². The van der Waals surface area contributed by atoms with Crippen molar-refractivity contribution in [2.45, 2.75) is 33.2 Å². The number of anilines is 1. The van der Waals surface area contributed by atoms with E-state index in [1.165, 1.54) is 12.0 Å². The number of aromatic nitrogens is 4. The van der Waals surface area contributed by atoms with Gasteiger partial charge in [-0.1, -0.05) is 30.4 Å². The maximum absolute atomic E-state index is 9.34. The highest BCUT2D eigenvalue weighted by Crippen LogP contribution is 2.39. The first-order valence-corrected chi connectivity index (χ1v) is 13.9. The average Bonchev–Trinajstić information content (AvgIpc) is 3.34. The molecule has 2 saturated heterocycles. The van der Waals surface area contributed by atoms with Crippen LogP contribution in [0.25, 0.3) is 33.8 Å². The lowest BCUT2D eigenvalue weighted by Gasteiger charge is -2.54. The summed E-state index contributed by atoms with van der Waals surface area (Å²) >= 11 is 0. The minimum atomic E-state index is 0.282. The number of rotatable bonds is 6. The van der Waals surface area contributed by atoms with Crippen LogP contribution in [0, 0.1) is 16.9 Å². The number of nitrogens with zero attached hydrogens (tertiary/aromatic N) is 7. The molecular weight excluding hydrogens is 496 g/mol. The molecule has 8 heteroatoms. The van der Waals surface area contributed by atoms with Gasteiger partial charge in [-0.05, 0) is 74.2 Å². The number of nitrogens with two attached hydrogens (primary N) is 1. The van der Waals surface area contributed by atoms with E-state index in [1.54, 1.807) is 6.20 Å². The van der Waals surface area contributed by atoms with Crippen molar-refractivity contribution in [2.75, 3.05) is 31.9 Å². The van der Waals surface area contributed by atoms with Gasteiger partial charge < -0.3 is 10.6 Å². The van der Waals surface area contributed by atoms with E-state index in [9.17, 15) is 5.26 Å². The van der Waals surface area contributed by atoms with Gasteiger partial charge in [0.1, 0.15) is 11.3 Å². The maximum Gasteiger partial charge on any atom is 0.179 e. The fourth-order valence-electron chi connectivity index (χ4n) is 6.23. The van der Waals surface area contributed by atoms with Crippen molar-refractivity contribution in [1.82, 2.24) is 29.3 Å². The molecule has 8 nitrogen and oxygen atoms in total. The lowest BCUT2D eigenvalue weighted by atomic mass is 9.73. The Balaban J connectivity index is 1.32. The number of imidazole rings is 1. The van der Waals surface area contributed by atoms with Gasteiger partial charge in [0.05, 0.1) is 11.3 Å². The van der Waals surface area contributed by atoms with E-state index in [0.717, 1.165) is 78.7 Å². The van der Waals surface area contributed by atoms with Crippen molar-refractivity contribution in [3.8, 4) is 23.3 Å². The molecule has 0 aliphatic carbocycles. The summed E-state index contributed by atoms with van der Waals surface area (Å²) in [6.45, 7) is 8.82. The first kappa shape index (κ1) is 25.8. The number of hydrogen-bond acceptors (Lipinski definition) is 7. The molecule has 0 atom stereocenters. The molecule has 2 aliphatic rings. The van der Waals surface area contributed by atoms with Gasteiger partial charge in [0, 0.05) is 50.0 Å². The van der Waals surface area contributed by atoms with Crippen LogP contribution in [0.1, 0.15) is 37.9 Å². The lowest BCUT2D eigenvalue weighted by molar-refractivity contribution is -0.0465. The summed E-state index contributed by atoms with van der Waals surface area (Å²) in [5.74, 6) is 1.15. The van der Waals surface area contributed by atoms with Crippen molar-refractivity contribution in [3.63, 3.8) is 0 Å². The summed E-state index contributed by atoms with van der Waals surface area (Å²) < 4.78 is 2.08.